The van der Waals surface area contributed by atoms with Crippen LogP contribution >= 0.6 is 0 Å². The standard InChI is InChI=1S/C24H21FN4O2S/c25-20-10-8-17(9-11-20)24(22-7-1-6-21(29-22)16-28-32(30)31)23(18-4-2-12-26-14-18)19-5-3-13-27-15-19/h1-15,23-24,28H,16H2,(H,30,31)/p-1. The predicted molar refractivity (Wildman–Crippen MR) is 119 cm³/mol. The van der Waals surface area contributed by atoms with Gasteiger partial charge in [-0.2, -0.15) is 0 Å². The number of rotatable bonds is 8. The molecule has 162 valence electrons. The van der Waals surface area contributed by atoms with Gasteiger partial charge in [0.15, 0.2) is 0 Å². The molecule has 2 atom stereocenters. The van der Waals surface area contributed by atoms with Gasteiger partial charge in [-0.25, -0.2) is 9.11 Å². The van der Waals surface area contributed by atoms with Crippen molar-refractivity contribution in [1.82, 2.24) is 19.7 Å². The van der Waals surface area contributed by atoms with E-state index in [1.54, 1.807) is 43.0 Å². The van der Waals surface area contributed by atoms with Crippen molar-refractivity contribution in [2.24, 2.45) is 0 Å². The number of pyridine rings is 3. The Hall–Kier alpha value is -3.33. The average molecular weight is 448 g/mol. The number of aromatic nitrogens is 3. The van der Waals surface area contributed by atoms with Crippen LogP contribution in [0.4, 0.5) is 4.39 Å². The molecule has 4 aromatic rings. The van der Waals surface area contributed by atoms with Gasteiger partial charge in [-0.3, -0.25) is 19.2 Å². The molecule has 0 aliphatic heterocycles. The Kier molecular flexibility index (Phi) is 7.06. The van der Waals surface area contributed by atoms with E-state index < -0.39 is 11.3 Å². The Bertz CT molecular complexity index is 1140. The van der Waals surface area contributed by atoms with Crippen LogP contribution in [-0.2, 0) is 17.8 Å². The highest BCUT2D eigenvalue weighted by Crippen LogP contribution is 2.41. The highest BCUT2D eigenvalue weighted by atomic mass is 32.2. The van der Waals surface area contributed by atoms with E-state index in [1.165, 1.54) is 12.1 Å². The summed E-state index contributed by atoms with van der Waals surface area (Å²) in [6.45, 7) is 0.0739. The SMILES string of the molecule is O=S([O-])NCc1cccc(C(c2ccc(F)cc2)C(c2cccnc2)c2cccnc2)n1. The first-order chi connectivity index (χ1) is 15.6. The van der Waals surface area contributed by atoms with Gasteiger partial charge in [-0.15, -0.1) is 0 Å². The highest BCUT2D eigenvalue weighted by molar-refractivity contribution is 7.77. The van der Waals surface area contributed by atoms with Crippen molar-refractivity contribution in [3.05, 3.63) is 125 Å². The minimum absolute atomic E-state index is 0.0739. The van der Waals surface area contributed by atoms with Crippen LogP contribution in [0, 0.1) is 5.82 Å². The van der Waals surface area contributed by atoms with Crippen LogP contribution in [0.25, 0.3) is 0 Å². The second-order valence-corrected chi connectivity index (χ2v) is 7.95. The topological polar surface area (TPSA) is 90.8 Å². The smallest absolute Gasteiger partial charge is 0.123 e. The Morgan fingerprint density at radius 3 is 2.06 bits per heavy atom. The summed E-state index contributed by atoms with van der Waals surface area (Å²) in [5.74, 6) is -0.815. The first kappa shape index (κ1) is 21.9. The molecule has 8 heteroatoms. The van der Waals surface area contributed by atoms with E-state index in [-0.39, 0.29) is 24.2 Å². The van der Waals surface area contributed by atoms with Crippen molar-refractivity contribution >= 4 is 11.3 Å². The van der Waals surface area contributed by atoms with E-state index in [0.717, 1.165) is 22.4 Å². The zero-order valence-electron chi connectivity index (χ0n) is 17.0. The van der Waals surface area contributed by atoms with Crippen LogP contribution in [0.3, 0.4) is 0 Å². The van der Waals surface area contributed by atoms with Crippen molar-refractivity contribution in [2.45, 2.75) is 18.4 Å². The third-order valence-electron chi connectivity index (χ3n) is 5.17. The first-order valence-corrected chi connectivity index (χ1v) is 11.0. The Balaban J connectivity index is 1.87. The molecular formula is C24H20FN4O2S-. The molecule has 2 unspecified atom stereocenters. The summed E-state index contributed by atoms with van der Waals surface area (Å²) in [7, 11) is 0. The first-order valence-electron chi connectivity index (χ1n) is 9.96. The zero-order chi connectivity index (χ0) is 22.3. The number of hydrogen-bond donors (Lipinski definition) is 1. The molecule has 32 heavy (non-hydrogen) atoms. The molecule has 3 heterocycles. The maximum absolute atomic E-state index is 13.7. The third kappa shape index (κ3) is 5.28. The molecule has 0 aliphatic carbocycles. The molecule has 0 fully saturated rings. The van der Waals surface area contributed by atoms with Crippen LogP contribution in [-0.4, -0.2) is 23.7 Å². The lowest BCUT2D eigenvalue weighted by Gasteiger charge is -2.28. The van der Waals surface area contributed by atoms with Crippen LogP contribution in [0.5, 0.6) is 0 Å². The van der Waals surface area contributed by atoms with E-state index in [4.69, 9.17) is 4.98 Å². The number of nitrogens with zero attached hydrogens (tertiary/aromatic N) is 3. The monoisotopic (exact) mass is 447 g/mol. The van der Waals surface area contributed by atoms with Crippen molar-refractivity contribution in [1.29, 1.82) is 0 Å². The maximum atomic E-state index is 13.7. The molecule has 6 nitrogen and oxygen atoms in total. The normalized spacial score (nSPS) is 13.1. The summed E-state index contributed by atoms with van der Waals surface area (Å²) in [4.78, 5) is 13.3. The Labute approximate surface area is 188 Å². The van der Waals surface area contributed by atoms with E-state index in [9.17, 15) is 13.2 Å². The second kappa shape index (κ2) is 10.3. The molecule has 0 spiro atoms. The van der Waals surface area contributed by atoms with Gasteiger partial charge in [-0.1, -0.05) is 30.3 Å². The number of halogens is 1. The van der Waals surface area contributed by atoms with Crippen molar-refractivity contribution < 1.29 is 13.2 Å². The molecule has 0 radical (unpaired) electrons. The van der Waals surface area contributed by atoms with Gasteiger partial charge < -0.3 is 4.55 Å². The molecule has 1 aromatic carbocycles. The van der Waals surface area contributed by atoms with E-state index in [1.807, 2.05) is 36.4 Å². The third-order valence-corrected chi connectivity index (χ3v) is 5.55. The molecule has 0 saturated heterocycles. The summed E-state index contributed by atoms with van der Waals surface area (Å²) in [5, 5.41) is 0. The molecule has 3 aromatic heterocycles. The van der Waals surface area contributed by atoms with Gasteiger partial charge in [0.05, 0.1) is 5.69 Å². The molecular weight excluding hydrogens is 427 g/mol. The fraction of sp³-hybridized carbons (Fsp3) is 0.125. The van der Waals surface area contributed by atoms with Gasteiger partial charge in [0, 0.05) is 60.1 Å². The minimum atomic E-state index is -2.39. The van der Waals surface area contributed by atoms with Gasteiger partial charge in [-0.05, 0) is 53.1 Å². The minimum Gasteiger partial charge on any atom is -0.760 e. The second-order valence-electron chi connectivity index (χ2n) is 7.19. The molecule has 0 amide bonds. The van der Waals surface area contributed by atoms with Gasteiger partial charge in [0.2, 0.25) is 0 Å². The van der Waals surface area contributed by atoms with Gasteiger partial charge in [0.25, 0.3) is 0 Å². The van der Waals surface area contributed by atoms with Gasteiger partial charge >= 0.3 is 0 Å². The number of hydrogen-bond acceptors (Lipinski definition) is 5. The molecule has 0 bridgehead atoms. The van der Waals surface area contributed by atoms with Crippen LogP contribution in [0.1, 0.15) is 39.9 Å². The fourth-order valence-electron chi connectivity index (χ4n) is 3.80. The lowest BCUT2D eigenvalue weighted by molar-refractivity contribution is 0.521. The lowest BCUT2D eigenvalue weighted by atomic mass is 9.76. The van der Waals surface area contributed by atoms with E-state index >= 15 is 0 Å². The summed E-state index contributed by atoms with van der Waals surface area (Å²) in [5.41, 5.74) is 4.09. The number of benzene rings is 1. The molecule has 0 aliphatic rings. The summed E-state index contributed by atoms with van der Waals surface area (Å²) >= 11 is -2.39. The van der Waals surface area contributed by atoms with Crippen LogP contribution < -0.4 is 4.72 Å². The largest absolute Gasteiger partial charge is 0.760 e. The number of nitrogens with one attached hydrogen (secondary N) is 1. The van der Waals surface area contributed by atoms with Crippen LogP contribution in [0.15, 0.2) is 91.5 Å². The van der Waals surface area contributed by atoms with Crippen LogP contribution in [0.2, 0.25) is 0 Å². The van der Waals surface area contributed by atoms with Crippen molar-refractivity contribution in [3.63, 3.8) is 0 Å². The van der Waals surface area contributed by atoms with E-state index in [2.05, 4.69) is 14.7 Å². The highest BCUT2D eigenvalue weighted by Gasteiger charge is 2.30. The molecule has 1 N–H and O–H groups in total. The summed E-state index contributed by atoms with van der Waals surface area (Å²) in [6, 6.07) is 19.6. The zero-order valence-corrected chi connectivity index (χ0v) is 17.8. The van der Waals surface area contributed by atoms with Crippen molar-refractivity contribution in [3.8, 4) is 0 Å². The fourth-order valence-corrected chi connectivity index (χ4v) is 4.07. The summed E-state index contributed by atoms with van der Waals surface area (Å²) in [6.07, 6.45) is 7.04. The Morgan fingerprint density at radius 2 is 1.50 bits per heavy atom. The Morgan fingerprint density at radius 1 is 0.844 bits per heavy atom. The quantitative estimate of drug-likeness (QED) is 0.414. The van der Waals surface area contributed by atoms with Crippen molar-refractivity contribution in [2.75, 3.05) is 0 Å². The molecule has 4 rings (SSSR count). The van der Waals surface area contributed by atoms with Gasteiger partial charge in [0.1, 0.15) is 5.82 Å². The average Bonchev–Trinajstić information content (AvgIpc) is 2.83. The lowest BCUT2D eigenvalue weighted by Crippen LogP contribution is -2.19. The van der Waals surface area contributed by atoms with E-state index in [0.29, 0.717) is 5.69 Å². The predicted octanol–water partition coefficient (Wildman–Crippen LogP) is 3.86. The maximum Gasteiger partial charge on any atom is 0.123 e. The molecule has 0 saturated carbocycles. The summed E-state index contributed by atoms with van der Waals surface area (Å²) < 4.78 is 38.0.